The van der Waals surface area contributed by atoms with Crippen LogP contribution in [0.1, 0.15) is 25.8 Å². The third-order valence-electron chi connectivity index (χ3n) is 2.74. The van der Waals surface area contributed by atoms with Gasteiger partial charge < -0.3 is 10.0 Å². The van der Waals surface area contributed by atoms with Crippen molar-refractivity contribution < 1.29 is 9.90 Å². The van der Waals surface area contributed by atoms with Crippen LogP contribution in [0.5, 0.6) is 0 Å². The van der Waals surface area contributed by atoms with E-state index in [0.29, 0.717) is 5.02 Å². The highest BCUT2D eigenvalue weighted by Gasteiger charge is 2.29. The largest absolute Gasteiger partial charge is 0.481 e. The first kappa shape index (κ1) is 13.8. The van der Waals surface area contributed by atoms with Gasteiger partial charge in [-0.3, -0.25) is 4.79 Å². The van der Waals surface area contributed by atoms with E-state index in [1.165, 1.54) is 0 Å². The monoisotopic (exact) mass is 255 g/mol. The maximum absolute atomic E-state index is 10.9. The second-order valence-electron chi connectivity index (χ2n) is 4.98. The molecule has 4 heteroatoms. The molecule has 0 amide bonds. The summed E-state index contributed by atoms with van der Waals surface area (Å²) in [7, 11) is 3.85. The van der Waals surface area contributed by atoms with Gasteiger partial charge in [0.15, 0.2) is 0 Å². The smallest absolute Gasteiger partial charge is 0.304 e. The molecule has 0 saturated heterocycles. The van der Waals surface area contributed by atoms with Gasteiger partial charge in [0.1, 0.15) is 0 Å². The van der Waals surface area contributed by atoms with Gasteiger partial charge in [-0.2, -0.15) is 0 Å². The molecule has 1 N–H and O–H groups in total. The zero-order chi connectivity index (χ0) is 13.2. The highest BCUT2D eigenvalue weighted by Crippen LogP contribution is 2.39. The van der Waals surface area contributed by atoms with Gasteiger partial charge in [-0.15, -0.1) is 0 Å². The summed E-state index contributed by atoms with van der Waals surface area (Å²) in [6.07, 6.45) is 0.0531. The average molecular weight is 256 g/mol. The molecular weight excluding hydrogens is 238 g/mol. The second kappa shape index (κ2) is 4.96. The Morgan fingerprint density at radius 1 is 1.41 bits per heavy atom. The number of carboxylic acids is 1. The Balaban J connectivity index is 3.32. The van der Waals surface area contributed by atoms with Gasteiger partial charge in [0.25, 0.3) is 0 Å². The summed E-state index contributed by atoms with van der Waals surface area (Å²) in [6.45, 7) is 3.80. The summed E-state index contributed by atoms with van der Waals surface area (Å²) in [5, 5.41) is 9.59. The minimum atomic E-state index is -0.820. The third kappa shape index (κ3) is 3.13. The number of anilines is 1. The number of aliphatic carboxylic acids is 1. The van der Waals surface area contributed by atoms with E-state index >= 15 is 0 Å². The molecule has 1 aromatic rings. The molecule has 0 unspecified atom stereocenters. The van der Waals surface area contributed by atoms with E-state index in [-0.39, 0.29) is 6.42 Å². The lowest BCUT2D eigenvalue weighted by molar-refractivity contribution is -0.138. The number of hydrogen-bond acceptors (Lipinski definition) is 2. The van der Waals surface area contributed by atoms with E-state index in [1.807, 2.05) is 45.0 Å². The lowest BCUT2D eigenvalue weighted by atomic mass is 9.80. The first-order chi connectivity index (χ1) is 7.75. The van der Waals surface area contributed by atoms with E-state index in [1.54, 1.807) is 6.07 Å². The van der Waals surface area contributed by atoms with Crippen LogP contribution in [0.2, 0.25) is 5.02 Å². The van der Waals surface area contributed by atoms with E-state index in [9.17, 15) is 4.79 Å². The summed E-state index contributed by atoms with van der Waals surface area (Å²) >= 11 is 6.22. The molecule has 0 fully saturated rings. The van der Waals surface area contributed by atoms with Crippen LogP contribution in [0.25, 0.3) is 0 Å². The molecule has 0 atom stereocenters. The van der Waals surface area contributed by atoms with Gasteiger partial charge in [-0.05, 0) is 12.1 Å². The first-order valence-electron chi connectivity index (χ1n) is 5.44. The molecule has 94 valence electrons. The third-order valence-corrected chi connectivity index (χ3v) is 3.06. The molecule has 17 heavy (non-hydrogen) atoms. The molecule has 0 radical (unpaired) electrons. The van der Waals surface area contributed by atoms with Crippen molar-refractivity contribution in [3.05, 3.63) is 28.8 Å². The van der Waals surface area contributed by atoms with Crippen LogP contribution >= 0.6 is 11.6 Å². The Bertz CT molecular complexity index is 427. The van der Waals surface area contributed by atoms with E-state index < -0.39 is 11.4 Å². The summed E-state index contributed by atoms with van der Waals surface area (Å²) < 4.78 is 0. The fourth-order valence-corrected chi connectivity index (χ4v) is 2.45. The van der Waals surface area contributed by atoms with Crippen LogP contribution < -0.4 is 4.90 Å². The topological polar surface area (TPSA) is 40.5 Å². The van der Waals surface area contributed by atoms with Crippen LogP contribution in [-0.2, 0) is 10.2 Å². The normalized spacial score (nSPS) is 11.4. The van der Waals surface area contributed by atoms with Crippen molar-refractivity contribution in [2.75, 3.05) is 19.0 Å². The summed E-state index contributed by atoms with van der Waals surface area (Å²) in [5.41, 5.74) is 1.35. The zero-order valence-electron chi connectivity index (χ0n) is 10.6. The molecule has 3 nitrogen and oxygen atoms in total. The molecular formula is C13H18ClNO2. The van der Waals surface area contributed by atoms with Crippen molar-refractivity contribution in [3.63, 3.8) is 0 Å². The maximum atomic E-state index is 10.9. The Morgan fingerprint density at radius 3 is 2.47 bits per heavy atom. The molecule has 0 bridgehead atoms. The van der Waals surface area contributed by atoms with Crippen LogP contribution in [0.3, 0.4) is 0 Å². The molecule has 0 aliphatic rings. The fourth-order valence-electron chi connectivity index (χ4n) is 2.02. The van der Waals surface area contributed by atoms with Crippen LogP contribution in [0.15, 0.2) is 18.2 Å². The highest BCUT2D eigenvalue weighted by atomic mass is 35.5. The number of rotatable bonds is 4. The minimum Gasteiger partial charge on any atom is -0.481 e. The van der Waals surface area contributed by atoms with Gasteiger partial charge in [0.2, 0.25) is 0 Å². The van der Waals surface area contributed by atoms with Crippen molar-refractivity contribution in [1.29, 1.82) is 0 Å². The molecule has 1 rings (SSSR count). The highest BCUT2D eigenvalue weighted by molar-refractivity contribution is 6.32. The molecule has 0 saturated carbocycles. The molecule has 0 aliphatic carbocycles. The van der Waals surface area contributed by atoms with Gasteiger partial charge in [-0.25, -0.2) is 0 Å². The lowest BCUT2D eigenvalue weighted by Gasteiger charge is -2.29. The quantitative estimate of drug-likeness (QED) is 0.899. The van der Waals surface area contributed by atoms with Gasteiger partial charge in [-0.1, -0.05) is 31.5 Å². The van der Waals surface area contributed by atoms with Crippen molar-refractivity contribution in [2.45, 2.75) is 25.7 Å². The Labute approximate surface area is 107 Å². The Kier molecular flexibility index (Phi) is 4.04. The number of nitrogens with zero attached hydrogens (tertiary/aromatic N) is 1. The minimum absolute atomic E-state index is 0.0531. The van der Waals surface area contributed by atoms with Crippen molar-refractivity contribution in [1.82, 2.24) is 0 Å². The number of carboxylic acid groups (broad SMARTS) is 1. The van der Waals surface area contributed by atoms with Crippen molar-refractivity contribution in [3.8, 4) is 0 Å². The molecule has 0 spiro atoms. The lowest BCUT2D eigenvalue weighted by Crippen LogP contribution is -2.25. The fraction of sp³-hybridized carbons (Fsp3) is 0.462. The summed E-state index contributed by atoms with van der Waals surface area (Å²) in [4.78, 5) is 12.9. The molecule has 0 aliphatic heterocycles. The van der Waals surface area contributed by atoms with Crippen molar-refractivity contribution in [2.24, 2.45) is 0 Å². The van der Waals surface area contributed by atoms with Crippen LogP contribution in [0.4, 0.5) is 5.69 Å². The zero-order valence-corrected chi connectivity index (χ0v) is 11.4. The number of hydrogen-bond donors (Lipinski definition) is 1. The summed E-state index contributed by atoms with van der Waals surface area (Å²) in [6, 6.07) is 5.62. The number of carbonyl (C=O) groups is 1. The standard InChI is InChI=1S/C13H18ClNO2/c1-13(2,8-11(16)17)12-9(14)6-5-7-10(12)15(3)4/h5-7H,8H2,1-4H3,(H,16,17). The van der Waals surface area contributed by atoms with E-state index in [4.69, 9.17) is 16.7 Å². The maximum Gasteiger partial charge on any atom is 0.304 e. The molecule has 1 aromatic carbocycles. The predicted molar refractivity (Wildman–Crippen MR) is 71.1 cm³/mol. The Morgan fingerprint density at radius 2 is 2.00 bits per heavy atom. The number of halogens is 1. The molecule has 0 aromatic heterocycles. The van der Waals surface area contributed by atoms with Crippen molar-refractivity contribution >= 4 is 23.3 Å². The van der Waals surface area contributed by atoms with E-state index in [2.05, 4.69) is 0 Å². The summed E-state index contributed by atoms with van der Waals surface area (Å²) in [5.74, 6) is -0.820. The predicted octanol–water partition coefficient (Wildman–Crippen LogP) is 3.16. The number of benzene rings is 1. The molecule has 0 heterocycles. The van der Waals surface area contributed by atoms with E-state index in [0.717, 1.165) is 11.3 Å². The first-order valence-corrected chi connectivity index (χ1v) is 5.81. The van der Waals surface area contributed by atoms with Gasteiger partial charge in [0.05, 0.1) is 6.42 Å². The SMILES string of the molecule is CN(C)c1cccc(Cl)c1C(C)(C)CC(=O)O. The Hall–Kier alpha value is -1.22. The van der Waals surface area contributed by atoms with Crippen LogP contribution in [-0.4, -0.2) is 25.2 Å². The van der Waals surface area contributed by atoms with Gasteiger partial charge >= 0.3 is 5.97 Å². The second-order valence-corrected chi connectivity index (χ2v) is 5.39. The van der Waals surface area contributed by atoms with Crippen LogP contribution in [0, 0.1) is 0 Å². The average Bonchev–Trinajstić information content (AvgIpc) is 2.14. The van der Waals surface area contributed by atoms with Gasteiger partial charge in [0, 0.05) is 35.8 Å².